The fourth-order valence-electron chi connectivity index (χ4n) is 3.75. The van der Waals surface area contributed by atoms with E-state index in [9.17, 15) is 0 Å². The van der Waals surface area contributed by atoms with Crippen molar-refractivity contribution in [1.82, 2.24) is 19.9 Å². The molecule has 1 atom stereocenters. The van der Waals surface area contributed by atoms with Gasteiger partial charge in [-0.1, -0.05) is 36.4 Å². The van der Waals surface area contributed by atoms with Crippen molar-refractivity contribution in [3.8, 4) is 0 Å². The van der Waals surface area contributed by atoms with Gasteiger partial charge in [0.1, 0.15) is 5.82 Å². The summed E-state index contributed by atoms with van der Waals surface area (Å²) >= 11 is 0. The van der Waals surface area contributed by atoms with E-state index >= 15 is 0 Å². The normalized spacial score (nSPS) is 17.4. The van der Waals surface area contributed by atoms with Crippen molar-refractivity contribution in [2.75, 3.05) is 25.0 Å². The Bertz CT molecular complexity index is 879. The van der Waals surface area contributed by atoms with Gasteiger partial charge in [0.2, 0.25) is 5.95 Å². The molecule has 1 aromatic carbocycles. The van der Waals surface area contributed by atoms with E-state index in [1.807, 2.05) is 31.5 Å². The molecule has 4 rings (SSSR count). The average Bonchev–Trinajstić information content (AvgIpc) is 2.75. The van der Waals surface area contributed by atoms with Crippen LogP contribution in [0.15, 0.2) is 60.9 Å². The predicted molar refractivity (Wildman–Crippen MR) is 113 cm³/mol. The van der Waals surface area contributed by atoms with Crippen LogP contribution in [-0.2, 0) is 6.42 Å². The van der Waals surface area contributed by atoms with Gasteiger partial charge in [0.15, 0.2) is 0 Å². The van der Waals surface area contributed by atoms with Gasteiger partial charge in [-0.2, -0.15) is 0 Å². The molecule has 0 radical (unpaired) electrons. The van der Waals surface area contributed by atoms with Crippen LogP contribution in [-0.4, -0.2) is 39.5 Å². The first-order chi connectivity index (χ1) is 13.8. The highest BCUT2D eigenvalue weighted by Gasteiger charge is 2.22. The van der Waals surface area contributed by atoms with Crippen LogP contribution in [0.2, 0.25) is 0 Å². The number of rotatable bonds is 6. The Morgan fingerprint density at radius 1 is 1.07 bits per heavy atom. The molecule has 3 heterocycles. The lowest BCUT2D eigenvalue weighted by molar-refractivity contribution is 0.208. The van der Waals surface area contributed by atoms with E-state index in [2.05, 4.69) is 56.6 Å². The summed E-state index contributed by atoms with van der Waals surface area (Å²) in [5.74, 6) is 1.85. The Morgan fingerprint density at radius 3 is 2.79 bits per heavy atom. The van der Waals surface area contributed by atoms with E-state index in [4.69, 9.17) is 4.98 Å². The van der Waals surface area contributed by atoms with Crippen molar-refractivity contribution in [1.29, 1.82) is 0 Å². The molecule has 0 aliphatic carbocycles. The second kappa shape index (κ2) is 8.93. The summed E-state index contributed by atoms with van der Waals surface area (Å²) in [7, 11) is 0. The summed E-state index contributed by atoms with van der Waals surface area (Å²) in [5, 5.41) is 3.22. The van der Waals surface area contributed by atoms with Gasteiger partial charge in [0.05, 0.1) is 5.69 Å². The number of aryl methyl sites for hydroxylation is 1. The first-order valence-electron chi connectivity index (χ1n) is 10.1. The molecule has 0 bridgehead atoms. The highest BCUT2D eigenvalue weighted by Crippen LogP contribution is 2.26. The van der Waals surface area contributed by atoms with Gasteiger partial charge in [-0.05, 0) is 56.0 Å². The molecule has 1 aliphatic heterocycles. The molecule has 1 fully saturated rings. The minimum atomic E-state index is 0.457. The summed E-state index contributed by atoms with van der Waals surface area (Å²) < 4.78 is 0. The molecule has 3 aromatic rings. The number of pyridine rings is 1. The highest BCUT2D eigenvalue weighted by molar-refractivity contribution is 5.47. The second-order valence-electron chi connectivity index (χ2n) is 7.53. The molecule has 1 aliphatic rings. The van der Waals surface area contributed by atoms with Crippen LogP contribution < -0.4 is 5.32 Å². The van der Waals surface area contributed by atoms with Gasteiger partial charge in [-0.25, -0.2) is 15.0 Å². The van der Waals surface area contributed by atoms with E-state index in [0.29, 0.717) is 11.9 Å². The number of hydrogen-bond acceptors (Lipinski definition) is 5. The van der Waals surface area contributed by atoms with Crippen LogP contribution >= 0.6 is 0 Å². The zero-order valence-electron chi connectivity index (χ0n) is 16.4. The Hall–Kier alpha value is -2.79. The molecule has 5 heteroatoms. The minimum Gasteiger partial charge on any atom is -0.309 e. The molecule has 28 heavy (non-hydrogen) atoms. The van der Waals surface area contributed by atoms with Crippen LogP contribution in [0, 0.1) is 6.92 Å². The summed E-state index contributed by atoms with van der Waals surface area (Å²) in [6, 6.07) is 16.8. The van der Waals surface area contributed by atoms with Gasteiger partial charge in [0, 0.05) is 31.4 Å². The molecule has 144 valence electrons. The highest BCUT2D eigenvalue weighted by atomic mass is 15.2. The number of aromatic nitrogens is 3. The van der Waals surface area contributed by atoms with Gasteiger partial charge >= 0.3 is 0 Å². The molecule has 5 nitrogen and oxygen atoms in total. The molecule has 2 aromatic heterocycles. The lowest BCUT2D eigenvalue weighted by Crippen LogP contribution is -2.36. The van der Waals surface area contributed by atoms with Crippen LogP contribution in [0.3, 0.4) is 0 Å². The first-order valence-corrected chi connectivity index (χ1v) is 10.1. The van der Waals surface area contributed by atoms with Crippen LogP contribution in [0.25, 0.3) is 0 Å². The maximum Gasteiger partial charge on any atom is 0.228 e. The van der Waals surface area contributed by atoms with Crippen LogP contribution in [0.4, 0.5) is 11.8 Å². The Labute approximate surface area is 166 Å². The fourth-order valence-corrected chi connectivity index (χ4v) is 3.75. The zero-order valence-corrected chi connectivity index (χ0v) is 16.4. The quantitative estimate of drug-likeness (QED) is 0.696. The van der Waals surface area contributed by atoms with Crippen molar-refractivity contribution in [3.63, 3.8) is 0 Å². The van der Waals surface area contributed by atoms with E-state index in [1.165, 1.54) is 24.9 Å². The van der Waals surface area contributed by atoms with Crippen LogP contribution in [0.5, 0.6) is 0 Å². The topological polar surface area (TPSA) is 53.9 Å². The van der Waals surface area contributed by atoms with E-state index in [1.54, 1.807) is 0 Å². The smallest absolute Gasteiger partial charge is 0.228 e. The lowest BCUT2D eigenvalue weighted by atomic mass is 9.94. The number of benzene rings is 1. The molecule has 0 amide bonds. The summed E-state index contributed by atoms with van der Waals surface area (Å²) in [6.45, 7) is 5.36. The average molecular weight is 374 g/mol. The molecular formula is C23H27N5. The monoisotopic (exact) mass is 373 g/mol. The number of hydrogen-bond donors (Lipinski definition) is 1. The minimum absolute atomic E-state index is 0.457. The maximum absolute atomic E-state index is 4.78. The van der Waals surface area contributed by atoms with Gasteiger partial charge in [-0.15, -0.1) is 0 Å². The lowest BCUT2D eigenvalue weighted by Gasteiger charge is -2.32. The third-order valence-electron chi connectivity index (χ3n) is 5.31. The third kappa shape index (κ3) is 4.93. The number of anilines is 2. The third-order valence-corrected chi connectivity index (χ3v) is 5.31. The van der Waals surface area contributed by atoms with Gasteiger partial charge in [0.25, 0.3) is 0 Å². The number of likely N-dealkylation sites (tertiary alicyclic amines) is 1. The SMILES string of the molecule is Cc1ccc(Nc2nccc([C@@H]3CCCN(CCc4ccccc4)C3)n2)nc1. The number of nitrogens with one attached hydrogen (secondary N) is 1. The maximum atomic E-state index is 4.78. The van der Waals surface area contributed by atoms with E-state index < -0.39 is 0 Å². The van der Waals surface area contributed by atoms with Crippen molar-refractivity contribution >= 4 is 11.8 Å². The molecule has 1 N–H and O–H groups in total. The van der Waals surface area contributed by atoms with Crippen LogP contribution in [0.1, 0.15) is 35.6 Å². The Balaban J connectivity index is 1.38. The number of piperidine rings is 1. The Kier molecular flexibility index (Phi) is 5.92. The number of nitrogens with zero attached hydrogens (tertiary/aromatic N) is 4. The van der Waals surface area contributed by atoms with Crippen molar-refractivity contribution in [3.05, 3.63) is 77.7 Å². The summed E-state index contributed by atoms with van der Waals surface area (Å²) in [4.78, 5) is 16.1. The van der Waals surface area contributed by atoms with Crippen molar-refractivity contribution in [2.24, 2.45) is 0 Å². The van der Waals surface area contributed by atoms with E-state index in [-0.39, 0.29) is 0 Å². The molecule has 0 spiro atoms. The fraction of sp³-hybridized carbons (Fsp3) is 0.348. The zero-order chi connectivity index (χ0) is 19.2. The second-order valence-corrected chi connectivity index (χ2v) is 7.53. The summed E-state index contributed by atoms with van der Waals surface area (Å²) in [5.41, 5.74) is 3.66. The standard InChI is InChI=1S/C23H27N5/c1-18-9-10-22(25-16-18)27-23-24-13-11-21(26-23)20-8-5-14-28(17-20)15-12-19-6-3-2-4-7-19/h2-4,6-7,9-11,13,16,20H,5,8,12,14-15,17H2,1H3,(H,24,25,26,27)/t20-/m1/s1. The first kappa shape index (κ1) is 18.6. The predicted octanol–water partition coefficient (Wildman–Crippen LogP) is 4.35. The molecule has 1 saturated heterocycles. The molecular weight excluding hydrogens is 346 g/mol. The molecule has 0 unspecified atom stereocenters. The van der Waals surface area contributed by atoms with Crippen molar-refractivity contribution < 1.29 is 0 Å². The van der Waals surface area contributed by atoms with Crippen molar-refractivity contribution in [2.45, 2.75) is 32.1 Å². The summed E-state index contributed by atoms with van der Waals surface area (Å²) in [6.07, 6.45) is 7.19. The largest absolute Gasteiger partial charge is 0.309 e. The van der Waals surface area contributed by atoms with E-state index in [0.717, 1.165) is 36.6 Å². The van der Waals surface area contributed by atoms with Gasteiger partial charge < -0.3 is 10.2 Å². The van der Waals surface area contributed by atoms with Gasteiger partial charge in [-0.3, -0.25) is 0 Å². The Morgan fingerprint density at radius 2 is 1.96 bits per heavy atom. The molecule has 0 saturated carbocycles.